The molecule has 0 N–H and O–H groups in total. The van der Waals surface area contributed by atoms with Gasteiger partial charge in [0.05, 0.1) is 11.0 Å². The zero-order chi connectivity index (χ0) is 23.1. The molecule has 0 spiro atoms. The molecule has 6 rings (SSSR count). The summed E-state index contributed by atoms with van der Waals surface area (Å²) < 4.78 is 1.99. The van der Waals surface area contributed by atoms with Gasteiger partial charge in [0.1, 0.15) is 6.54 Å². The van der Waals surface area contributed by atoms with E-state index >= 15 is 0 Å². The van der Waals surface area contributed by atoms with Crippen molar-refractivity contribution in [1.29, 1.82) is 0 Å². The Morgan fingerprint density at radius 2 is 1.32 bits per heavy atom. The molecule has 4 aromatic carbocycles. The van der Waals surface area contributed by atoms with Crippen LogP contribution in [0.25, 0.3) is 21.8 Å². The summed E-state index contributed by atoms with van der Waals surface area (Å²) in [6.45, 7) is 1.41. The number of pyridine rings is 1. The fraction of sp³-hybridized carbons (Fsp3) is 0.133. The second-order valence-corrected chi connectivity index (χ2v) is 8.89. The van der Waals surface area contributed by atoms with E-state index in [2.05, 4.69) is 42.5 Å². The summed E-state index contributed by atoms with van der Waals surface area (Å²) in [6, 6.07) is 33.9. The molecule has 1 aliphatic heterocycles. The SMILES string of the molecule is O=C(Cn1c2ccccc2c(=O)c2ccccc21)N1Cc2ccccc2[C@H](c2ccccc2)C1. The van der Waals surface area contributed by atoms with Gasteiger partial charge >= 0.3 is 0 Å². The molecule has 2 heterocycles. The van der Waals surface area contributed by atoms with Crippen LogP contribution in [0, 0.1) is 0 Å². The van der Waals surface area contributed by atoms with Crippen LogP contribution in [0.15, 0.2) is 108 Å². The molecule has 0 fully saturated rings. The average Bonchev–Trinajstić information content (AvgIpc) is 2.91. The first kappa shape index (κ1) is 20.4. The Morgan fingerprint density at radius 3 is 2.03 bits per heavy atom. The lowest BCUT2D eigenvalue weighted by atomic mass is 9.84. The Balaban J connectivity index is 1.42. The molecule has 0 aliphatic carbocycles. The number of fused-ring (bicyclic) bond motifs is 3. The highest BCUT2D eigenvalue weighted by Gasteiger charge is 2.29. The van der Waals surface area contributed by atoms with Crippen molar-refractivity contribution in [3.63, 3.8) is 0 Å². The van der Waals surface area contributed by atoms with Gasteiger partial charge in [0.25, 0.3) is 0 Å². The Kier molecular flexibility index (Phi) is 4.99. The molecule has 0 saturated heterocycles. The largest absolute Gasteiger partial charge is 0.336 e. The maximum atomic E-state index is 13.8. The predicted octanol–water partition coefficient (Wildman–Crippen LogP) is 5.33. The molecule has 0 unspecified atom stereocenters. The highest BCUT2D eigenvalue weighted by atomic mass is 16.2. The van der Waals surface area contributed by atoms with Crippen molar-refractivity contribution in [2.45, 2.75) is 19.0 Å². The molecule has 0 saturated carbocycles. The lowest BCUT2D eigenvalue weighted by Gasteiger charge is -2.35. The van der Waals surface area contributed by atoms with Gasteiger partial charge in [-0.2, -0.15) is 0 Å². The minimum absolute atomic E-state index is 0.00550. The number of nitrogens with zero attached hydrogens (tertiary/aromatic N) is 2. The van der Waals surface area contributed by atoms with Crippen molar-refractivity contribution in [2.24, 2.45) is 0 Å². The van der Waals surface area contributed by atoms with Crippen LogP contribution in [-0.4, -0.2) is 21.9 Å². The fourth-order valence-electron chi connectivity index (χ4n) is 5.25. The van der Waals surface area contributed by atoms with E-state index in [1.54, 1.807) is 0 Å². The molecular formula is C30H24N2O2. The van der Waals surface area contributed by atoms with Gasteiger partial charge in [0.15, 0.2) is 5.43 Å². The van der Waals surface area contributed by atoms with Crippen molar-refractivity contribution in [1.82, 2.24) is 9.47 Å². The minimum atomic E-state index is 0.00550. The van der Waals surface area contributed by atoms with Crippen LogP contribution in [-0.2, 0) is 17.9 Å². The van der Waals surface area contributed by atoms with Crippen LogP contribution < -0.4 is 5.43 Å². The van der Waals surface area contributed by atoms with Crippen LogP contribution in [0.3, 0.4) is 0 Å². The van der Waals surface area contributed by atoms with Gasteiger partial charge in [-0.25, -0.2) is 0 Å². The van der Waals surface area contributed by atoms with Crippen molar-refractivity contribution < 1.29 is 4.79 Å². The molecule has 0 bridgehead atoms. The first-order valence-corrected chi connectivity index (χ1v) is 11.6. The second-order valence-electron chi connectivity index (χ2n) is 8.89. The maximum absolute atomic E-state index is 13.8. The number of amides is 1. The quantitative estimate of drug-likeness (QED) is 0.353. The van der Waals surface area contributed by atoms with E-state index in [9.17, 15) is 9.59 Å². The molecule has 4 nitrogen and oxygen atoms in total. The number of carbonyl (C=O) groups excluding carboxylic acids is 1. The molecule has 166 valence electrons. The second kappa shape index (κ2) is 8.31. The number of hydrogen-bond donors (Lipinski definition) is 0. The first-order chi connectivity index (χ1) is 16.7. The van der Waals surface area contributed by atoms with Crippen LogP contribution in [0.5, 0.6) is 0 Å². The monoisotopic (exact) mass is 444 g/mol. The fourth-order valence-corrected chi connectivity index (χ4v) is 5.25. The van der Waals surface area contributed by atoms with E-state index in [1.165, 1.54) is 16.7 Å². The summed E-state index contributed by atoms with van der Waals surface area (Å²) >= 11 is 0. The third-order valence-corrected chi connectivity index (χ3v) is 6.92. The number of aromatic nitrogens is 1. The Morgan fingerprint density at radius 1 is 0.735 bits per heavy atom. The van der Waals surface area contributed by atoms with Crippen molar-refractivity contribution in [3.05, 3.63) is 130 Å². The Hall–Kier alpha value is -4.18. The van der Waals surface area contributed by atoms with E-state index in [4.69, 9.17) is 0 Å². The van der Waals surface area contributed by atoms with Crippen molar-refractivity contribution in [2.75, 3.05) is 6.54 Å². The predicted molar refractivity (Wildman–Crippen MR) is 136 cm³/mol. The maximum Gasteiger partial charge on any atom is 0.242 e. The van der Waals surface area contributed by atoms with Crippen LogP contribution >= 0.6 is 0 Å². The van der Waals surface area contributed by atoms with Gasteiger partial charge in [-0.05, 0) is 41.0 Å². The third-order valence-electron chi connectivity index (χ3n) is 6.92. The molecule has 34 heavy (non-hydrogen) atoms. The third kappa shape index (κ3) is 3.39. The van der Waals surface area contributed by atoms with Gasteiger partial charge < -0.3 is 9.47 Å². The van der Waals surface area contributed by atoms with Gasteiger partial charge in [0, 0.05) is 29.8 Å². The van der Waals surface area contributed by atoms with Gasteiger partial charge in [-0.15, -0.1) is 0 Å². The van der Waals surface area contributed by atoms with Crippen LogP contribution in [0.4, 0.5) is 0 Å². The average molecular weight is 445 g/mol. The summed E-state index contributed by atoms with van der Waals surface area (Å²) in [5, 5.41) is 1.28. The lowest BCUT2D eigenvalue weighted by molar-refractivity contribution is -0.132. The van der Waals surface area contributed by atoms with Crippen LogP contribution in [0.2, 0.25) is 0 Å². The molecule has 0 radical (unpaired) electrons. The molecule has 1 atom stereocenters. The minimum Gasteiger partial charge on any atom is -0.336 e. The highest BCUT2D eigenvalue weighted by Crippen LogP contribution is 2.33. The lowest BCUT2D eigenvalue weighted by Crippen LogP contribution is -2.40. The number of hydrogen-bond acceptors (Lipinski definition) is 2. The number of carbonyl (C=O) groups is 1. The summed E-state index contributed by atoms with van der Waals surface area (Å²) in [7, 11) is 0. The molecule has 5 aromatic rings. The summed E-state index contributed by atoms with van der Waals surface area (Å²) in [4.78, 5) is 28.8. The molecule has 1 aliphatic rings. The van der Waals surface area contributed by atoms with E-state index in [0.29, 0.717) is 23.9 Å². The van der Waals surface area contributed by atoms with Gasteiger partial charge in [0.2, 0.25) is 5.91 Å². The van der Waals surface area contributed by atoms with E-state index < -0.39 is 0 Å². The van der Waals surface area contributed by atoms with Gasteiger partial charge in [-0.3, -0.25) is 9.59 Å². The highest BCUT2D eigenvalue weighted by molar-refractivity contribution is 5.94. The zero-order valence-corrected chi connectivity index (χ0v) is 18.7. The molecule has 1 amide bonds. The zero-order valence-electron chi connectivity index (χ0n) is 18.7. The van der Waals surface area contributed by atoms with E-state index in [-0.39, 0.29) is 23.8 Å². The standard InChI is InChI=1S/C30H24N2O2/c33-29(20-32-27-16-8-6-14-24(27)30(34)25-15-7-9-17-28(25)32)31-18-22-12-4-5-13-23(22)26(19-31)21-10-2-1-3-11-21/h1-17,26H,18-20H2/t26-/m0/s1. The number of benzene rings is 4. The van der Waals surface area contributed by atoms with Crippen LogP contribution in [0.1, 0.15) is 22.6 Å². The summed E-state index contributed by atoms with van der Waals surface area (Å²) in [6.07, 6.45) is 0. The van der Waals surface area contributed by atoms with E-state index in [1.807, 2.05) is 70.1 Å². The summed E-state index contributed by atoms with van der Waals surface area (Å²) in [5.74, 6) is 0.187. The number of rotatable bonds is 3. The number of para-hydroxylation sites is 2. The van der Waals surface area contributed by atoms with Crippen molar-refractivity contribution >= 4 is 27.7 Å². The molecule has 1 aromatic heterocycles. The topological polar surface area (TPSA) is 42.3 Å². The molecule has 4 heteroatoms. The first-order valence-electron chi connectivity index (χ1n) is 11.6. The Labute approximate surface area is 197 Å². The smallest absolute Gasteiger partial charge is 0.242 e. The normalized spacial score (nSPS) is 15.4. The Bertz CT molecular complexity index is 1530. The molecular weight excluding hydrogens is 420 g/mol. The van der Waals surface area contributed by atoms with Crippen molar-refractivity contribution in [3.8, 4) is 0 Å². The van der Waals surface area contributed by atoms with E-state index in [0.717, 1.165) is 11.0 Å². The van der Waals surface area contributed by atoms with Gasteiger partial charge in [-0.1, -0.05) is 78.9 Å². The summed E-state index contributed by atoms with van der Waals surface area (Å²) in [5.41, 5.74) is 5.27.